The van der Waals surface area contributed by atoms with Crippen LogP contribution < -0.4 is 10.2 Å². The molecule has 0 unspecified atom stereocenters. The molecule has 1 aliphatic heterocycles. The molecule has 7 nitrogen and oxygen atoms in total. The summed E-state index contributed by atoms with van der Waals surface area (Å²) in [6.07, 6.45) is 2.01. The molecule has 3 rings (SSSR count). The van der Waals surface area contributed by atoms with Crippen LogP contribution in [0.1, 0.15) is 34.3 Å². The summed E-state index contributed by atoms with van der Waals surface area (Å²) in [6.45, 7) is 8.37. The molecule has 7 heteroatoms. The molecule has 1 atom stereocenters. The van der Waals surface area contributed by atoms with Crippen molar-refractivity contribution in [2.45, 2.75) is 33.4 Å². The number of pyridine rings is 1. The number of morpholine rings is 1. The Kier molecular flexibility index (Phi) is 4.80. The van der Waals surface area contributed by atoms with Crippen molar-refractivity contribution in [3.8, 4) is 0 Å². The highest BCUT2D eigenvalue weighted by atomic mass is 16.5. The van der Waals surface area contributed by atoms with Gasteiger partial charge in [0.05, 0.1) is 18.4 Å². The molecule has 1 saturated heterocycles. The van der Waals surface area contributed by atoms with Crippen molar-refractivity contribution >= 4 is 11.7 Å². The van der Waals surface area contributed by atoms with E-state index in [1.54, 1.807) is 20.0 Å². The third-order valence-electron chi connectivity index (χ3n) is 4.09. The van der Waals surface area contributed by atoms with E-state index in [-0.39, 0.29) is 12.0 Å². The van der Waals surface area contributed by atoms with E-state index in [2.05, 4.69) is 27.3 Å². The summed E-state index contributed by atoms with van der Waals surface area (Å²) in [4.78, 5) is 18.9. The monoisotopic (exact) mass is 330 g/mol. The fraction of sp³-hybridized carbons (Fsp3) is 0.471. The maximum atomic E-state index is 12.2. The second-order valence-corrected chi connectivity index (χ2v) is 6.03. The van der Waals surface area contributed by atoms with Gasteiger partial charge in [-0.3, -0.25) is 4.79 Å². The van der Waals surface area contributed by atoms with Gasteiger partial charge >= 0.3 is 0 Å². The van der Waals surface area contributed by atoms with E-state index in [1.165, 1.54) is 0 Å². The lowest BCUT2D eigenvalue weighted by molar-refractivity contribution is 0.0529. The van der Waals surface area contributed by atoms with Crippen LogP contribution in [0.15, 0.2) is 22.9 Å². The Labute approximate surface area is 141 Å². The van der Waals surface area contributed by atoms with Crippen molar-refractivity contribution in [2.75, 3.05) is 24.6 Å². The molecule has 0 aromatic carbocycles. The highest BCUT2D eigenvalue weighted by Crippen LogP contribution is 2.16. The number of carbonyl (C=O) groups is 1. The van der Waals surface area contributed by atoms with Gasteiger partial charge in [0, 0.05) is 25.8 Å². The minimum Gasteiger partial charge on any atom is -0.375 e. The zero-order valence-corrected chi connectivity index (χ0v) is 14.2. The molecule has 0 radical (unpaired) electrons. The minimum absolute atomic E-state index is 0.183. The lowest BCUT2D eigenvalue weighted by Gasteiger charge is -2.32. The van der Waals surface area contributed by atoms with E-state index < -0.39 is 0 Å². The van der Waals surface area contributed by atoms with E-state index in [0.29, 0.717) is 23.6 Å². The molecule has 0 bridgehead atoms. The van der Waals surface area contributed by atoms with Crippen molar-refractivity contribution in [2.24, 2.45) is 0 Å². The standard InChI is InChI=1S/C17H22N4O3/c1-11-10-21(6-7-23-11)15-5-4-14(8-18-15)9-19-17(22)16-12(2)20-24-13(16)3/h4-5,8,11H,6-7,9-10H2,1-3H3,(H,19,22)/t11-/m0/s1. The second kappa shape index (κ2) is 7.00. The first-order valence-electron chi connectivity index (χ1n) is 8.07. The molecule has 1 fully saturated rings. The number of hydrogen-bond acceptors (Lipinski definition) is 6. The van der Waals surface area contributed by atoms with Crippen LogP contribution in [-0.4, -0.2) is 41.8 Å². The average Bonchev–Trinajstić information content (AvgIpc) is 2.92. The van der Waals surface area contributed by atoms with Gasteiger partial charge < -0.3 is 19.5 Å². The number of carbonyl (C=O) groups excluding carboxylic acids is 1. The van der Waals surface area contributed by atoms with Gasteiger partial charge in [0.2, 0.25) is 0 Å². The predicted octanol–water partition coefficient (Wildman–Crippen LogP) is 1.84. The Bertz CT molecular complexity index is 692. The van der Waals surface area contributed by atoms with Crippen LogP contribution in [0.4, 0.5) is 5.82 Å². The largest absolute Gasteiger partial charge is 0.375 e. The zero-order valence-electron chi connectivity index (χ0n) is 14.2. The maximum Gasteiger partial charge on any atom is 0.257 e. The van der Waals surface area contributed by atoms with E-state index >= 15 is 0 Å². The Morgan fingerprint density at radius 1 is 1.42 bits per heavy atom. The second-order valence-electron chi connectivity index (χ2n) is 6.03. The van der Waals surface area contributed by atoms with Crippen molar-refractivity contribution in [3.63, 3.8) is 0 Å². The zero-order chi connectivity index (χ0) is 17.1. The molecule has 1 aliphatic rings. The summed E-state index contributed by atoms with van der Waals surface area (Å²) in [5.74, 6) is 1.28. The van der Waals surface area contributed by atoms with E-state index in [1.807, 2.05) is 12.1 Å². The van der Waals surface area contributed by atoms with Crippen LogP contribution in [0.2, 0.25) is 0 Å². The summed E-state index contributed by atoms with van der Waals surface area (Å²) in [7, 11) is 0. The van der Waals surface area contributed by atoms with Gasteiger partial charge in [-0.15, -0.1) is 0 Å². The number of nitrogens with one attached hydrogen (secondary N) is 1. The Morgan fingerprint density at radius 2 is 2.25 bits per heavy atom. The number of hydrogen-bond donors (Lipinski definition) is 1. The Balaban J connectivity index is 1.59. The Hall–Kier alpha value is -2.41. The third-order valence-corrected chi connectivity index (χ3v) is 4.09. The van der Waals surface area contributed by atoms with Crippen molar-refractivity contribution in [1.82, 2.24) is 15.5 Å². The van der Waals surface area contributed by atoms with Gasteiger partial charge in [-0.05, 0) is 32.4 Å². The number of amides is 1. The highest BCUT2D eigenvalue weighted by molar-refractivity contribution is 5.96. The molecule has 0 spiro atoms. The molecule has 2 aromatic rings. The number of aryl methyl sites for hydroxylation is 2. The quantitative estimate of drug-likeness (QED) is 0.921. The number of anilines is 1. The van der Waals surface area contributed by atoms with Crippen molar-refractivity contribution in [3.05, 3.63) is 40.9 Å². The topological polar surface area (TPSA) is 80.5 Å². The number of rotatable bonds is 4. The molecule has 0 saturated carbocycles. The molecule has 2 aromatic heterocycles. The number of aromatic nitrogens is 2. The third kappa shape index (κ3) is 3.56. The van der Waals surface area contributed by atoms with Gasteiger partial charge in [0.1, 0.15) is 17.1 Å². The normalized spacial score (nSPS) is 17.8. The molecule has 3 heterocycles. The first-order chi connectivity index (χ1) is 11.5. The van der Waals surface area contributed by atoms with E-state index in [9.17, 15) is 4.79 Å². The van der Waals surface area contributed by atoms with E-state index in [0.717, 1.165) is 31.1 Å². The fourth-order valence-electron chi connectivity index (χ4n) is 2.81. The smallest absolute Gasteiger partial charge is 0.257 e. The molecule has 24 heavy (non-hydrogen) atoms. The van der Waals surface area contributed by atoms with Crippen LogP contribution in [0, 0.1) is 13.8 Å². The highest BCUT2D eigenvalue weighted by Gasteiger charge is 2.19. The van der Waals surface area contributed by atoms with E-state index in [4.69, 9.17) is 9.26 Å². The maximum absolute atomic E-state index is 12.2. The Morgan fingerprint density at radius 3 is 2.88 bits per heavy atom. The SMILES string of the molecule is Cc1noc(C)c1C(=O)NCc1ccc(N2CCO[C@@H](C)C2)nc1. The van der Waals surface area contributed by atoms with Gasteiger partial charge in [0.25, 0.3) is 5.91 Å². The lowest BCUT2D eigenvalue weighted by atomic mass is 10.2. The van der Waals surface area contributed by atoms with Crippen molar-refractivity contribution < 1.29 is 14.1 Å². The molecular formula is C17H22N4O3. The first kappa shape index (κ1) is 16.4. The fourth-order valence-corrected chi connectivity index (χ4v) is 2.81. The molecule has 0 aliphatic carbocycles. The van der Waals surface area contributed by atoms with Gasteiger partial charge in [0.15, 0.2) is 0 Å². The van der Waals surface area contributed by atoms with Gasteiger partial charge in [-0.25, -0.2) is 4.98 Å². The van der Waals surface area contributed by atoms with Crippen LogP contribution >= 0.6 is 0 Å². The predicted molar refractivity (Wildman–Crippen MR) is 89.0 cm³/mol. The average molecular weight is 330 g/mol. The molecule has 1 amide bonds. The first-order valence-corrected chi connectivity index (χ1v) is 8.07. The summed E-state index contributed by atoms with van der Waals surface area (Å²) in [5.41, 5.74) is 2.04. The van der Waals surface area contributed by atoms with Crippen LogP contribution in [-0.2, 0) is 11.3 Å². The van der Waals surface area contributed by atoms with Crippen LogP contribution in [0.5, 0.6) is 0 Å². The number of nitrogens with zero attached hydrogens (tertiary/aromatic N) is 3. The van der Waals surface area contributed by atoms with Crippen LogP contribution in [0.3, 0.4) is 0 Å². The van der Waals surface area contributed by atoms with Gasteiger partial charge in [-0.2, -0.15) is 0 Å². The lowest BCUT2D eigenvalue weighted by Crippen LogP contribution is -2.41. The molecular weight excluding hydrogens is 308 g/mol. The van der Waals surface area contributed by atoms with Crippen molar-refractivity contribution in [1.29, 1.82) is 0 Å². The molecule has 128 valence electrons. The summed E-state index contributed by atoms with van der Waals surface area (Å²) in [6, 6.07) is 3.96. The molecule has 1 N–H and O–H groups in total. The summed E-state index contributed by atoms with van der Waals surface area (Å²) in [5, 5.41) is 6.67. The summed E-state index contributed by atoms with van der Waals surface area (Å²) >= 11 is 0. The van der Waals surface area contributed by atoms with Gasteiger partial charge in [-0.1, -0.05) is 11.2 Å². The summed E-state index contributed by atoms with van der Waals surface area (Å²) < 4.78 is 10.6. The minimum atomic E-state index is -0.183. The van der Waals surface area contributed by atoms with Crippen LogP contribution in [0.25, 0.3) is 0 Å². The number of ether oxygens (including phenoxy) is 1.